The zero-order chi connectivity index (χ0) is 14.3. The molecule has 0 fully saturated rings. The highest BCUT2D eigenvalue weighted by Crippen LogP contribution is 2.11. The summed E-state index contributed by atoms with van der Waals surface area (Å²) in [5.41, 5.74) is 1.07. The molecule has 0 bridgehead atoms. The molecule has 1 heterocycles. The lowest BCUT2D eigenvalue weighted by Gasteiger charge is -2.23. The largest absolute Gasteiger partial charge is 0.297 e. The Bertz CT molecular complexity index is 352. The van der Waals surface area contributed by atoms with Crippen molar-refractivity contribution >= 4 is 11.6 Å². The second-order valence-electron chi connectivity index (χ2n) is 6.09. The average Bonchev–Trinajstić information content (AvgIpc) is 2.32. The first-order chi connectivity index (χ1) is 8.97. The lowest BCUT2D eigenvalue weighted by Crippen LogP contribution is -2.27. The fourth-order valence-electron chi connectivity index (χ4n) is 1.92. The number of hydrogen-bond acceptors (Lipinski definition) is 2. The standard InChI is InChI=1S/C16H27ClN2/c1-13(2)8-10-19(11-9-14(3)4)12-15-6-5-7-16(17)18-15/h5-7,13-14H,8-12H2,1-4H3. The van der Waals surface area contributed by atoms with Crippen LogP contribution in [0.1, 0.15) is 46.2 Å². The molecular formula is C16H27ClN2. The van der Waals surface area contributed by atoms with Crippen molar-refractivity contribution in [3.05, 3.63) is 29.0 Å². The summed E-state index contributed by atoms with van der Waals surface area (Å²) >= 11 is 5.95. The second-order valence-corrected chi connectivity index (χ2v) is 6.48. The highest BCUT2D eigenvalue weighted by Gasteiger charge is 2.09. The Kier molecular flexibility index (Phi) is 7.40. The molecule has 0 saturated carbocycles. The van der Waals surface area contributed by atoms with Gasteiger partial charge >= 0.3 is 0 Å². The molecule has 0 N–H and O–H groups in total. The molecular weight excluding hydrogens is 256 g/mol. The van der Waals surface area contributed by atoms with Gasteiger partial charge in [0.2, 0.25) is 0 Å². The van der Waals surface area contributed by atoms with Crippen LogP contribution in [-0.2, 0) is 6.54 Å². The van der Waals surface area contributed by atoms with Gasteiger partial charge in [0.25, 0.3) is 0 Å². The molecule has 0 spiro atoms. The molecule has 0 aliphatic carbocycles. The first kappa shape index (κ1) is 16.5. The van der Waals surface area contributed by atoms with Crippen molar-refractivity contribution in [3.63, 3.8) is 0 Å². The maximum absolute atomic E-state index is 5.95. The molecule has 3 heteroatoms. The van der Waals surface area contributed by atoms with E-state index in [-0.39, 0.29) is 0 Å². The molecule has 1 rings (SSSR count). The molecule has 1 aromatic rings. The minimum Gasteiger partial charge on any atom is -0.297 e. The molecule has 1 aromatic heterocycles. The summed E-state index contributed by atoms with van der Waals surface area (Å²) in [6.07, 6.45) is 2.47. The number of hydrogen-bond donors (Lipinski definition) is 0. The van der Waals surface area contributed by atoms with Crippen LogP contribution in [0.3, 0.4) is 0 Å². The van der Waals surface area contributed by atoms with Gasteiger partial charge in [0.1, 0.15) is 5.15 Å². The van der Waals surface area contributed by atoms with E-state index in [0.29, 0.717) is 5.15 Å². The van der Waals surface area contributed by atoms with Crippen LogP contribution in [0.15, 0.2) is 18.2 Å². The maximum Gasteiger partial charge on any atom is 0.129 e. The Morgan fingerprint density at radius 2 is 1.63 bits per heavy atom. The summed E-state index contributed by atoms with van der Waals surface area (Å²) in [5, 5.41) is 0.588. The van der Waals surface area contributed by atoms with Gasteiger partial charge in [0, 0.05) is 6.54 Å². The smallest absolute Gasteiger partial charge is 0.129 e. The van der Waals surface area contributed by atoms with Crippen molar-refractivity contribution in [1.82, 2.24) is 9.88 Å². The van der Waals surface area contributed by atoms with Gasteiger partial charge in [-0.2, -0.15) is 0 Å². The Morgan fingerprint density at radius 1 is 1.05 bits per heavy atom. The molecule has 0 aromatic carbocycles. The van der Waals surface area contributed by atoms with E-state index < -0.39 is 0 Å². The lowest BCUT2D eigenvalue weighted by atomic mass is 10.1. The summed E-state index contributed by atoms with van der Waals surface area (Å²) in [5.74, 6) is 1.49. The van der Waals surface area contributed by atoms with Gasteiger partial charge in [0.15, 0.2) is 0 Å². The number of rotatable bonds is 8. The predicted molar refractivity (Wildman–Crippen MR) is 83.4 cm³/mol. The summed E-state index contributed by atoms with van der Waals surface area (Å²) in [7, 11) is 0. The van der Waals surface area contributed by atoms with Crippen LogP contribution >= 0.6 is 11.6 Å². The van der Waals surface area contributed by atoms with Gasteiger partial charge in [-0.15, -0.1) is 0 Å². The summed E-state index contributed by atoms with van der Waals surface area (Å²) < 4.78 is 0. The second kappa shape index (κ2) is 8.55. The van der Waals surface area contributed by atoms with E-state index >= 15 is 0 Å². The van der Waals surface area contributed by atoms with Crippen molar-refractivity contribution in [3.8, 4) is 0 Å². The number of halogens is 1. The van der Waals surface area contributed by atoms with Crippen molar-refractivity contribution in [2.45, 2.75) is 47.1 Å². The van der Waals surface area contributed by atoms with E-state index in [2.05, 4.69) is 43.6 Å². The Hall–Kier alpha value is -0.600. The van der Waals surface area contributed by atoms with Gasteiger partial charge in [-0.05, 0) is 49.9 Å². The summed E-state index contributed by atoms with van der Waals surface area (Å²) in [4.78, 5) is 6.89. The van der Waals surface area contributed by atoms with Crippen LogP contribution in [0.25, 0.3) is 0 Å². The SMILES string of the molecule is CC(C)CCN(CCC(C)C)Cc1cccc(Cl)n1. The van der Waals surface area contributed by atoms with Crippen LogP contribution in [0.4, 0.5) is 0 Å². The topological polar surface area (TPSA) is 16.1 Å². The van der Waals surface area contributed by atoms with Crippen LogP contribution in [0.2, 0.25) is 5.15 Å². The molecule has 108 valence electrons. The van der Waals surface area contributed by atoms with E-state index in [1.807, 2.05) is 12.1 Å². The van der Waals surface area contributed by atoms with Crippen molar-refractivity contribution in [2.24, 2.45) is 11.8 Å². The Labute approximate surface area is 123 Å². The number of pyridine rings is 1. The fourth-order valence-corrected chi connectivity index (χ4v) is 2.10. The van der Waals surface area contributed by atoms with E-state index in [0.717, 1.165) is 37.2 Å². The number of aromatic nitrogens is 1. The minimum atomic E-state index is 0.588. The van der Waals surface area contributed by atoms with E-state index in [1.165, 1.54) is 12.8 Å². The summed E-state index contributed by atoms with van der Waals surface area (Å²) in [6, 6.07) is 5.87. The molecule has 0 unspecified atom stereocenters. The van der Waals surface area contributed by atoms with Gasteiger partial charge in [-0.1, -0.05) is 45.4 Å². The third kappa shape index (κ3) is 7.54. The quantitative estimate of drug-likeness (QED) is 0.646. The van der Waals surface area contributed by atoms with Gasteiger partial charge in [-0.25, -0.2) is 4.98 Å². The third-order valence-electron chi connectivity index (χ3n) is 3.20. The van der Waals surface area contributed by atoms with E-state index in [4.69, 9.17) is 11.6 Å². The molecule has 0 amide bonds. The summed E-state index contributed by atoms with van der Waals surface area (Å²) in [6.45, 7) is 12.3. The molecule has 0 atom stereocenters. The van der Waals surface area contributed by atoms with Crippen LogP contribution in [0, 0.1) is 11.8 Å². The van der Waals surface area contributed by atoms with E-state index in [1.54, 1.807) is 0 Å². The molecule has 19 heavy (non-hydrogen) atoms. The molecule has 0 saturated heterocycles. The lowest BCUT2D eigenvalue weighted by molar-refractivity contribution is 0.233. The maximum atomic E-state index is 5.95. The predicted octanol–water partition coefficient (Wildman–Crippen LogP) is 4.63. The highest BCUT2D eigenvalue weighted by molar-refractivity contribution is 6.29. The molecule has 2 nitrogen and oxygen atoms in total. The first-order valence-electron chi connectivity index (χ1n) is 7.31. The highest BCUT2D eigenvalue weighted by atomic mass is 35.5. The van der Waals surface area contributed by atoms with Crippen LogP contribution in [0.5, 0.6) is 0 Å². The molecule has 0 radical (unpaired) electrons. The third-order valence-corrected chi connectivity index (χ3v) is 3.41. The average molecular weight is 283 g/mol. The van der Waals surface area contributed by atoms with Gasteiger partial charge in [0.05, 0.1) is 5.69 Å². The van der Waals surface area contributed by atoms with Crippen molar-refractivity contribution in [2.75, 3.05) is 13.1 Å². The van der Waals surface area contributed by atoms with Gasteiger partial charge < -0.3 is 0 Å². The Morgan fingerprint density at radius 3 is 2.11 bits per heavy atom. The number of nitrogens with zero attached hydrogens (tertiary/aromatic N) is 2. The van der Waals surface area contributed by atoms with Crippen LogP contribution in [-0.4, -0.2) is 23.0 Å². The Balaban J connectivity index is 2.56. The van der Waals surface area contributed by atoms with Crippen molar-refractivity contribution < 1.29 is 0 Å². The van der Waals surface area contributed by atoms with E-state index in [9.17, 15) is 0 Å². The molecule has 0 aliphatic heterocycles. The van der Waals surface area contributed by atoms with Gasteiger partial charge in [-0.3, -0.25) is 4.90 Å². The normalized spacial score (nSPS) is 11.8. The zero-order valence-corrected chi connectivity index (χ0v) is 13.5. The molecule has 0 aliphatic rings. The first-order valence-corrected chi connectivity index (χ1v) is 7.69. The minimum absolute atomic E-state index is 0.588. The monoisotopic (exact) mass is 282 g/mol. The van der Waals surface area contributed by atoms with Crippen LogP contribution < -0.4 is 0 Å². The van der Waals surface area contributed by atoms with Crippen molar-refractivity contribution in [1.29, 1.82) is 0 Å². The zero-order valence-electron chi connectivity index (χ0n) is 12.7. The fraction of sp³-hybridized carbons (Fsp3) is 0.688.